The quantitative estimate of drug-likeness (QED) is 0.219. The zero-order valence-electron chi connectivity index (χ0n) is 16.8. The molecule has 0 unspecified atom stereocenters. The molecular weight excluding hydrogens is 463 g/mol. The lowest BCUT2D eigenvalue weighted by Crippen LogP contribution is -2.35. The van der Waals surface area contributed by atoms with Gasteiger partial charge in [-0.2, -0.15) is 4.31 Å². The number of piperidine rings is 1. The molecule has 0 spiro atoms. The fourth-order valence-corrected chi connectivity index (χ4v) is 5.59. The topological polar surface area (TPSA) is 128 Å². The third-order valence-electron chi connectivity index (χ3n) is 5.05. The van der Waals surface area contributed by atoms with E-state index in [4.69, 9.17) is 39.5 Å². The van der Waals surface area contributed by atoms with E-state index in [1.54, 1.807) is 25.1 Å². The first-order valence-corrected chi connectivity index (χ1v) is 11.7. The van der Waals surface area contributed by atoms with Crippen LogP contribution in [0.5, 0.6) is 0 Å². The van der Waals surface area contributed by atoms with Gasteiger partial charge in [-0.1, -0.05) is 46.9 Å². The van der Waals surface area contributed by atoms with Crippen LogP contribution in [0, 0.1) is 6.92 Å². The number of nitrogen functional groups attached to an aromatic ring is 1. The van der Waals surface area contributed by atoms with Crippen molar-refractivity contribution in [1.29, 1.82) is 0 Å². The van der Waals surface area contributed by atoms with Crippen molar-refractivity contribution in [3.8, 4) is 0 Å². The highest BCUT2D eigenvalue weighted by molar-refractivity contribution is 7.89. The molecule has 2 aromatic carbocycles. The van der Waals surface area contributed by atoms with E-state index in [2.05, 4.69) is 5.16 Å². The van der Waals surface area contributed by atoms with Crippen LogP contribution in [-0.4, -0.2) is 37.6 Å². The Morgan fingerprint density at radius 3 is 2.45 bits per heavy atom. The summed E-state index contributed by atoms with van der Waals surface area (Å²) in [5.74, 6) is -1.04. The van der Waals surface area contributed by atoms with Gasteiger partial charge in [-0.25, -0.2) is 13.2 Å². The predicted octanol–water partition coefficient (Wildman–Crippen LogP) is 3.54. The van der Waals surface area contributed by atoms with E-state index in [-0.39, 0.29) is 26.3 Å². The predicted molar refractivity (Wildman–Crippen MR) is 121 cm³/mol. The van der Waals surface area contributed by atoms with E-state index in [9.17, 15) is 13.2 Å². The standard InChI is InChI=1S/C20H22Cl2N4O4S/c1-12-13(6-5-7-17(12)23)19(24)25-30-20(27)14-10-18(16(22)11-15(14)21)31(28,29)26-8-3-2-4-9-26/h5-7,10-11H,2-4,8-9,23H2,1H3,(H2,24,25). The minimum atomic E-state index is -3.89. The van der Waals surface area contributed by atoms with Crippen molar-refractivity contribution >= 4 is 50.7 Å². The van der Waals surface area contributed by atoms with Crippen molar-refractivity contribution in [2.75, 3.05) is 18.8 Å². The van der Waals surface area contributed by atoms with Crippen LogP contribution in [0.1, 0.15) is 40.7 Å². The van der Waals surface area contributed by atoms with Crippen LogP contribution in [0.3, 0.4) is 0 Å². The SMILES string of the molecule is Cc1c(N)cccc1/C(N)=N/OC(=O)c1cc(S(=O)(=O)N2CCCCC2)c(Cl)cc1Cl. The molecule has 1 heterocycles. The summed E-state index contributed by atoms with van der Waals surface area (Å²) in [5.41, 5.74) is 13.3. The van der Waals surface area contributed by atoms with Gasteiger partial charge in [-0.05, 0) is 43.5 Å². The molecule has 8 nitrogen and oxygen atoms in total. The average Bonchev–Trinajstić information content (AvgIpc) is 2.74. The Bertz CT molecular complexity index is 1150. The van der Waals surface area contributed by atoms with E-state index in [1.165, 1.54) is 10.4 Å². The molecule has 0 aromatic heterocycles. The number of hydrogen-bond donors (Lipinski definition) is 2. The Labute approximate surface area is 190 Å². The van der Waals surface area contributed by atoms with Gasteiger partial charge < -0.3 is 16.3 Å². The number of nitrogens with zero attached hydrogens (tertiary/aromatic N) is 2. The lowest BCUT2D eigenvalue weighted by atomic mass is 10.1. The van der Waals surface area contributed by atoms with Crippen molar-refractivity contribution in [1.82, 2.24) is 4.31 Å². The molecule has 31 heavy (non-hydrogen) atoms. The van der Waals surface area contributed by atoms with Crippen LogP contribution in [0.2, 0.25) is 10.0 Å². The zero-order chi connectivity index (χ0) is 22.8. The Balaban J connectivity index is 1.89. The number of carbonyl (C=O) groups excluding carboxylic acids is 1. The second-order valence-corrected chi connectivity index (χ2v) is 9.82. The summed E-state index contributed by atoms with van der Waals surface area (Å²) in [6.07, 6.45) is 2.48. The summed E-state index contributed by atoms with van der Waals surface area (Å²) >= 11 is 12.3. The molecule has 2 aromatic rings. The van der Waals surface area contributed by atoms with E-state index >= 15 is 0 Å². The Morgan fingerprint density at radius 2 is 1.77 bits per heavy atom. The van der Waals surface area contributed by atoms with Crippen LogP contribution in [0.4, 0.5) is 5.69 Å². The molecule has 1 saturated heterocycles. The van der Waals surface area contributed by atoms with Crippen LogP contribution >= 0.6 is 23.2 Å². The molecule has 0 aliphatic carbocycles. The third-order valence-corrected chi connectivity index (χ3v) is 7.73. The Morgan fingerprint density at radius 1 is 1.10 bits per heavy atom. The van der Waals surface area contributed by atoms with Crippen molar-refractivity contribution < 1.29 is 18.0 Å². The maximum absolute atomic E-state index is 13.0. The molecule has 166 valence electrons. The number of halogens is 2. The first kappa shape index (κ1) is 23.3. The molecule has 3 rings (SSSR count). The lowest BCUT2D eigenvalue weighted by Gasteiger charge is -2.26. The van der Waals surface area contributed by atoms with E-state index in [0.29, 0.717) is 29.9 Å². The van der Waals surface area contributed by atoms with Crippen LogP contribution in [-0.2, 0) is 14.9 Å². The highest BCUT2D eigenvalue weighted by Crippen LogP contribution is 2.32. The van der Waals surface area contributed by atoms with Crippen molar-refractivity contribution in [3.05, 3.63) is 57.1 Å². The fraction of sp³-hybridized carbons (Fsp3) is 0.300. The van der Waals surface area contributed by atoms with Gasteiger partial charge in [0.15, 0.2) is 5.84 Å². The monoisotopic (exact) mass is 484 g/mol. The summed E-state index contributed by atoms with van der Waals surface area (Å²) in [4.78, 5) is 17.3. The zero-order valence-corrected chi connectivity index (χ0v) is 19.1. The number of hydrogen-bond acceptors (Lipinski definition) is 6. The van der Waals surface area contributed by atoms with Gasteiger partial charge in [0.1, 0.15) is 4.90 Å². The smallest absolute Gasteiger partial charge is 0.367 e. The molecule has 0 saturated carbocycles. The largest absolute Gasteiger partial charge is 0.398 e. The molecule has 0 amide bonds. The average molecular weight is 485 g/mol. The molecule has 11 heteroatoms. The molecular formula is C20H22Cl2N4O4S. The maximum Gasteiger partial charge on any atom is 0.367 e. The molecule has 0 atom stereocenters. The summed E-state index contributed by atoms with van der Waals surface area (Å²) in [6, 6.07) is 7.38. The summed E-state index contributed by atoms with van der Waals surface area (Å²) in [7, 11) is -3.89. The highest BCUT2D eigenvalue weighted by Gasteiger charge is 2.30. The number of oxime groups is 1. The third kappa shape index (κ3) is 4.95. The summed E-state index contributed by atoms with van der Waals surface area (Å²) < 4.78 is 27.3. The van der Waals surface area contributed by atoms with E-state index < -0.39 is 16.0 Å². The normalized spacial score (nSPS) is 15.6. The van der Waals surface area contributed by atoms with E-state index in [0.717, 1.165) is 25.3 Å². The Kier molecular flexibility index (Phi) is 7.10. The highest BCUT2D eigenvalue weighted by atomic mass is 35.5. The minimum absolute atomic E-state index is 0.0654. The Hall–Kier alpha value is -2.33. The van der Waals surface area contributed by atoms with Crippen molar-refractivity contribution in [3.63, 3.8) is 0 Å². The first-order valence-electron chi connectivity index (χ1n) is 9.52. The van der Waals surface area contributed by atoms with Gasteiger partial charge in [0.2, 0.25) is 10.0 Å². The number of sulfonamides is 1. The molecule has 0 radical (unpaired) electrons. The fourth-order valence-electron chi connectivity index (χ4n) is 3.25. The van der Waals surface area contributed by atoms with Gasteiger partial charge >= 0.3 is 5.97 Å². The van der Waals surface area contributed by atoms with Gasteiger partial charge in [-0.3, -0.25) is 0 Å². The number of rotatable bonds is 5. The first-order chi connectivity index (χ1) is 14.6. The number of amidine groups is 1. The van der Waals surface area contributed by atoms with Crippen LogP contribution in [0.15, 0.2) is 40.4 Å². The number of carbonyl (C=O) groups is 1. The molecule has 4 N–H and O–H groups in total. The minimum Gasteiger partial charge on any atom is -0.398 e. The maximum atomic E-state index is 13.0. The second kappa shape index (κ2) is 9.44. The summed E-state index contributed by atoms with van der Waals surface area (Å²) in [6.45, 7) is 2.53. The lowest BCUT2D eigenvalue weighted by molar-refractivity contribution is 0.0516. The van der Waals surface area contributed by atoms with Crippen molar-refractivity contribution in [2.24, 2.45) is 10.9 Å². The van der Waals surface area contributed by atoms with Gasteiger partial charge in [0.05, 0.1) is 15.6 Å². The number of benzene rings is 2. The van der Waals surface area contributed by atoms with Gasteiger partial charge in [0, 0.05) is 24.3 Å². The molecule has 1 aliphatic rings. The number of nitrogens with two attached hydrogens (primary N) is 2. The molecule has 1 fully saturated rings. The summed E-state index contributed by atoms with van der Waals surface area (Å²) in [5, 5.41) is 3.51. The van der Waals surface area contributed by atoms with E-state index in [1.807, 2.05) is 0 Å². The molecule has 0 bridgehead atoms. The van der Waals surface area contributed by atoms with Crippen LogP contribution < -0.4 is 11.5 Å². The molecule has 1 aliphatic heterocycles. The van der Waals surface area contributed by atoms with Gasteiger partial charge in [0.25, 0.3) is 0 Å². The van der Waals surface area contributed by atoms with Crippen LogP contribution in [0.25, 0.3) is 0 Å². The van der Waals surface area contributed by atoms with Crippen molar-refractivity contribution in [2.45, 2.75) is 31.1 Å². The second-order valence-electron chi connectivity index (χ2n) is 7.10. The number of anilines is 1. The van der Waals surface area contributed by atoms with Gasteiger partial charge in [-0.15, -0.1) is 0 Å².